The Labute approximate surface area is 112 Å². The van der Waals surface area contributed by atoms with Gasteiger partial charge in [-0.25, -0.2) is 4.98 Å². The van der Waals surface area contributed by atoms with Gasteiger partial charge in [0.1, 0.15) is 0 Å². The summed E-state index contributed by atoms with van der Waals surface area (Å²) >= 11 is 1.67. The number of benzene rings is 1. The van der Waals surface area contributed by atoms with E-state index in [-0.39, 0.29) is 24.8 Å². The van der Waals surface area contributed by atoms with E-state index < -0.39 is 0 Å². The van der Waals surface area contributed by atoms with Crippen molar-refractivity contribution in [2.45, 2.75) is 13.5 Å². The van der Waals surface area contributed by atoms with Crippen molar-refractivity contribution in [3.8, 4) is 11.3 Å². The fraction of sp³-hybridized carbons (Fsp3) is 0.182. The van der Waals surface area contributed by atoms with Gasteiger partial charge in [0.15, 0.2) is 0 Å². The van der Waals surface area contributed by atoms with E-state index in [4.69, 9.17) is 5.73 Å². The highest BCUT2D eigenvalue weighted by atomic mass is 35.5. The summed E-state index contributed by atoms with van der Waals surface area (Å²) in [6.07, 6.45) is 0. The lowest BCUT2D eigenvalue weighted by atomic mass is 10.1. The van der Waals surface area contributed by atoms with Crippen LogP contribution in [0.4, 0.5) is 0 Å². The molecule has 0 spiro atoms. The monoisotopic (exact) mass is 276 g/mol. The van der Waals surface area contributed by atoms with Crippen molar-refractivity contribution in [1.82, 2.24) is 4.98 Å². The molecular weight excluding hydrogens is 263 g/mol. The van der Waals surface area contributed by atoms with Crippen LogP contribution in [0.1, 0.15) is 10.6 Å². The van der Waals surface area contributed by atoms with Gasteiger partial charge >= 0.3 is 0 Å². The Balaban J connectivity index is 0.00000112. The number of nitrogens with zero attached hydrogens (tertiary/aromatic N) is 1. The van der Waals surface area contributed by atoms with Crippen LogP contribution in [0.25, 0.3) is 11.3 Å². The molecule has 5 heteroatoms. The standard InChI is InChI=1S/C11H12N2S.2ClH/c1-8-13-11(7-14-8)10-4-2-3-9(5-10)6-12;;/h2-5,7H,6,12H2,1H3;2*1H. The van der Waals surface area contributed by atoms with Gasteiger partial charge in [-0.3, -0.25) is 0 Å². The maximum Gasteiger partial charge on any atom is 0.0901 e. The largest absolute Gasteiger partial charge is 0.326 e. The molecule has 0 aliphatic rings. The lowest BCUT2D eigenvalue weighted by Gasteiger charge is -1.99. The average molecular weight is 277 g/mol. The first-order valence-electron chi connectivity index (χ1n) is 4.51. The molecular formula is C11H14Cl2N2S. The molecule has 2 rings (SSSR count). The molecule has 0 radical (unpaired) electrons. The van der Waals surface area contributed by atoms with E-state index in [1.807, 2.05) is 19.1 Å². The van der Waals surface area contributed by atoms with Crippen molar-refractivity contribution in [2.75, 3.05) is 0 Å². The first-order chi connectivity index (χ1) is 6.79. The van der Waals surface area contributed by atoms with Crippen LogP contribution in [0, 0.1) is 6.92 Å². The molecule has 0 aliphatic carbocycles. The number of rotatable bonds is 2. The predicted octanol–water partition coefficient (Wildman–Crippen LogP) is 3.42. The van der Waals surface area contributed by atoms with Gasteiger partial charge in [0, 0.05) is 17.5 Å². The zero-order valence-electron chi connectivity index (χ0n) is 8.84. The molecule has 88 valence electrons. The molecule has 2 nitrogen and oxygen atoms in total. The minimum Gasteiger partial charge on any atom is -0.326 e. The van der Waals surface area contributed by atoms with Crippen LogP contribution in [-0.2, 0) is 6.54 Å². The maximum absolute atomic E-state index is 5.58. The van der Waals surface area contributed by atoms with Crippen LogP contribution in [0.15, 0.2) is 29.6 Å². The summed E-state index contributed by atoms with van der Waals surface area (Å²) in [5.74, 6) is 0. The molecule has 0 atom stereocenters. The molecule has 2 aromatic rings. The molecule has 0 fully saturated rings. The number of hydrogen-bond donors (Lipinski definition) is 1. The van der Waals surface area contributed by atoms with Crippen LogP contribution >= 0.6 is 36.2 Å². The number of aromatic nitrogens is 1. The molecule has 0 saturated heterocycles. The maximum atomic E-state index is 5.58. The Bertz CT molecular complexity index is 443. The van der Waals surface area contributed by atoms with Crippen molar-refractivity contribution in [1.29, 1.82) is 0 Å². The van der Waals surface area contributed by atoms with Gasteiger partial charge in [-0.1, -0.05) is 18.2 Å². The third-order valence-corrected chi connectivity index (χ3v) is 2.85. The molecule has 2 N–H and O–H groups in total. The Hall–Kier alpha value is -0.610. The zero-order chi connectivity index (χ0) is 9.97. The van der Waals surface area contributed by atoms with Gasteiger partial charge in [-0.2, -0.15) is 0 Å². The summed E-state index contributed by atoms with van der Waals surface area (Å²) in [5, 5.41) is 3.17. The molecule has 1 aromatic heterocycles. The minimum absolute atomic E-state index is 0. The van der Waals surface area contributed by atoms with Crippen molar-refractivity contribution in [2.24, 2.45) is 5.73 Å². The van der Waals surface area contributed by atoms with Crippen LogP contribution < -0.4 is 5.73 Å². The second-order valence-corrected chi connectivity index (χ2v) is 4.22. The molecule has 16 heavy (non-hydrogen) atoms. The summed E-state index contributed by atoms with van der Waals surface area (Å²) in [4.78, 5) is 4.43. The van der Waals surface area contributed by atoms with Gasteiger partial charge in [0.25, 0.3) is 0 Å². The molecule has 0 aliphatic heterocycles. The molecule has 1 aromatic carbocycles. The Kier molecular flexibility index (Phi) is 6.60. The molecule has 0 bridgehead atoms. The number of hydrogen-bond acceptors (Lipinski definition) is 3. The van der Waals surface area contributed by atoms with E-state index in [1.54, 1.807) is 11.3 Å². The first-order valence-corrected chi connectivity index (χ1v) is 5.39. The van der Waals surface area contributed by atoms with E-state index in [2.05, 4.69) is 22.5 Å². The summed E-state index contributed by atoms with van der Waals surface area (Å²) < 4.78 is 0. The minimum atomic E-state index is 0. The third kappa shape index (κ3) is 3.46. The van der Waals surface area contributed by atoms with Gasteiger partial charge in [0.05, 0.1) is 10.7 Å². The van der Waals surface area contributed by atoms with E-state index in [0.29, 0.717) is 6.54 Å². The third-order valence-electron chi connectivity index (χ3n) is 2.08. The normalized spacial score (nSPS) is 9.12. The van der Waals surface area contributed by atoms with Crippen molar-refractivity contribution in [3.63, 3.8) is 0 Å². The quantitative estimate of drug-likeness (QED) is 0.913. The number of nitrogens with two attached hydrogens (primary N) is 1. The first kappa shape index (κ1) is 15.4. The Morgan fingerprint density at radius 2 is 2.06 bits per heavy atom. The lowest BCUT2D eigenvalue weighted by molar-refractivity contribution is 1.07. The molecule has 1 heterocycles. The van der Waals surface area contributed by atoms with Crippen molar-refractivity contribution >= 4 is 36.2 Å². The highest BCUT2D eigenvalue weighted by Crippen LogP contribution is 2.22. The fourth-order valence-corrected chi connectivity index (χ4v) is 1.98. The molecule has 0 unspecified atom stereocenters. The summed E-state index contributed by atoms with van der Waals surface area (Å²) in [6.45, 7) is 2.60. The summed E-state index contributed by atoms with van der Waals surface area (Å²) in [5.41, 5.74) is 8.93. The summed E-state index contributed by atoms with van der Waals surface area (Å²) in [6, 6.07) is 8.21. The van der Waals surface area contributed by atoms with Crippen LogP contribution in [0.2, 0.25) is 0 Å². The smallest absolute Gasteiger partial charge is 0.0901 e. The lowest BCUT2D eigenvalue weighted by Crippen LogP contribution is -1.95. The summed E-state index contributed by atoms with van der Waals surface area (Å²) in [7, 11) is 0. The van der Waals surface area contributed by atoms with Crippen LogP contribution in [-0.4, -0.2) is 4.98 Å². The van der Waals surface area contributed by atoms with Gasteiger partial charge in [-0.15, -0.1) is 36.2 Å². The van der Waals surface area contributed by atoms with Gasteiger partial charge < -0.3 is 5.73 Å². The van der Waals surface area contributed by atoms with Gasteiger partial charge in [-0.05, 0) is 18.6 Å². The highest BCUT2D eigenvalue weighted by Gasteiger charge is 2.01. The SMILES string of the molecule is Cc1nc(-c2cccc(CN)c2)cs1.Cl.Cl. The fourth-order valence-electron chi connectivity index (χ4n) is 1.35. The van der Waals surface area contributed by atoms with Crippen molar-refractivity contribution in [3.05, 3.63) is 40.2 Å². The highest BCUT2D eigenvalue weighted by molar-refractivity contribution is 7.09. The second kappa shape index (κ2) is 6.86. The zero-order valence-corrected chi connectivity index (χ0v) is 11.3. The van der Waals surface area contributed by atoms with Crippen molar-refractivity contribution < 1.29 is 0 Å². The number of thiazole rings is 1. The van der Waals surface area contributed by atoms with E-state index >= 15 is 0 Å². The van der Waals surface area contributed by atoms with E-state index in [1.165, 1.54) is 0 Å². The molecule has 0 amide bonds. The Morgan fingerprint density at radius 3 is 2.62 bits per heavy atom. The Morgan fingerprint density at radius 1 is 1.31 bits per heavy atom. The number of halogens is 2. The second-order valence-electron chi connectivity index (χ2n) is 3.16. The van der Waals surface area contributed by atoms with E-state index in [0.717, 1.165) is 21.8 Å². The number of aryl methyl sites for hydroxylation is 1. The predicted molar refractivity (Wildman–Crippen MR) is 74.7 cm³/mol. The van der Waals surface area contributed by atoms with Crippen LogP contribution in [0.3, 0.4) is 0 Å². The van der Waals surface area contributed by atoms with Gasteiger partial charge in [0.2, 0.25) is 0 Å². The molecule has 0 saturated carbocycles. The van der Waals surface area contributed by atoms with E-state index in [9.17, 15) is 0 Å². The topological polar surface area (TPSA) is 38.9 Å². The average Bonchev–Trinajstić information content (AvgIpc) is 2.65. The van der Waals surface area contributed by atoms with Crippen LogP contribution in [0.5, 0.6) is 0 Å².